The second-order valence-electron chi connectivity index (χ2n) is 7.38. The molecule has 1 atom stereocenters. The highest BCUT2D eigenvalue weighted by Gasteiger charge is 2.29. The fourth-order valence-corrected chi connectivity index (χ4v) is 3.44. The van der Waals surface area contributed by atoms with E-state index in [0.29, 0.717) is 25.1 Å². The van der Waals surface area contributed by atoms with Crippen LogP contribution >= 0.6 is 0 Å². The van der Waals surface area contributed by atoms with Gasteiger partial charge in [-0.1, -0.05) is 67.6 Å². The quantitative estimate of drug-likeness (QED) is 0.770. The molecule has 0 bridgehead atoms. The van der Waals surface area contributed by atoms with E-state index in [0.717, 1.165) is 24.2 Å². The Bertz CT molecular complexity index is 841. The first-order chi connectivity index (χ1) is 14.1. The van der Waals surface area contributed by atoms with E-state index in [1.54, 1.807) is 0 Å². The van der Waals surface area contributed by atoms with Crippen LogP contribution in [0.15, 0.2) is 66.2 Å². The fraction of sp³-hybridized carbons (Fsp3) is 0.333. The summed E-state index contributed by atoms with van der Waals surface area (Å²) in [5.41, 5.74) is 2.43. The number of hydrogen-bond acceptors (Lipinski definition) is 3. The van der Waals surface area contributed by atoms with E-state index >= 15 is 0 Å². The molecule has 29 heavy (non-hydrogen) atoms. The van der Waals surface area contributed by atoms with Crippen molar-refractivity contribution in [1.82, 2.24) is 15.1 Å². The van der Waals surface area contributed by atoms with Crippen molar-refractivity contribution in [1.29, 1.82) is 0 Å². The van der Waals surface area contributed by atoms with Crippen molar-refractivity contribution < 1.29 is 9.59 Å². The predicted octanol–water partition coefficient (Wildman–Crippen LogP) is 3.11. The van der Waals surface area contributed by atoms with Gasteiger partial charge in [-0.05, 0) is 30.7 Å². The van der Waals surface area contributed by atoms with E-state index in [2.05, 4.69) is 17.3 Å². The summed E-state index contributed by atoms with van der Waals surface area (Å²) < 4.78 is 0. The number of hydrogen-bond donors (Lipinski definition) is 1. The lowest BCUT2D eigenvalue weighted by Crippen LogP contribution is -2.51. The summed E-state index contributed by atoms with van der Waals surface area (Å²) in [7, 11) is 2.06. The van der Waals surface area contributed by atoms with Crippen LogP contribution in [0.1, 0.15) is 30.5 Å². The number of nitrogens with zero attached hydrogens (tertiary/aromatic N) is 2. The molecule has 3 rings (SSSR count). The third kappa shape index (κ3) is 5.55. The summed E-state index contributed by atoms with van der Waals surface area (Å²) in [6.45, 7) is 4.99. The lowest BCUT2D eigenvalue weighted by Gasteiger charge is -2.35. The maximum Gasteiger partial charge on any atom is 0.249 e. The van der Waals surface area contributed by atoms with E-state index < -0.39 is 6.04 Å². The summed E-state index contributed by atoms with van der Waals surface area (Å²) >= 11 is 0. The topological polar surface area (TPSA) is 52.7 Å². The van der Waals surface area contributed by atoms with Crippen LogP contribution in [0, 0.1) is 0 Å². The van der Waals surface area contributed by atoms with E-state index in [4.69, 9.17) is 0 Å². The lowest BCUT2D eigenvalue weighted by atomic mass is 10.0. The zero-order valence-electron chi connectivity index (χ0n) is 17.2. The Balaban J connectivity index is 1.82. The molecule has 1 fully saturated rings. The molecular weight excluding hydrogens is 362 g/mol. The highest BCUT2D eigenvalue weighted by Crippen LogP contribution is 2.19. The molecule has 1 N–H and O–H groups in total. The van der Waals surface area contributed by atoms with Crippen molar-refractivity contribution in [2.24, 2.45) is 0 Å². The number of likely N-dealkylation sites (N-methyl/N-ethyl adjacent to an activating group) is 1. The van der Waals surface area contributed by atoms with Crippen LogP contribution in [0.25, 0.3) is 6.08 Å². The average Bonchev–Trinajstić information content (AvgIpc) is 2.77. The first-order valence-electron chi connectivity index (χ1n) is 10.2. The fourth-order valence-electron chi connectivity index (χ4n) is 3.44. The largest absolute Gasteiger partial charge is 0.338 e. The molecular formula is C24H29N3O2. The number of amides is 2. The van der Waals surface area contributed by atoms with Crippen molar-refractivity contribution in [2.75, 3.05) is 33.2 Å². The molecule has 0 radical (unpaired) electrons. The number of carbonyl (C=O) groups excluding carboxylic acids is 2. The first-order valence-corrected chi connectivity index (χ1v) is 10.2. The molecule has 2 aromatic carbocycles. The molecule has 0 saturated carbocycles. The summed E-state index contributed by atoms with van der Waals surface area (Å²) in [4.78, 5) is 30.4. The molecule has 1 saturated heterocycles. The minimum atomic E-state index is -0.683. The summed E-state index contributed by atoms with van der Waals surface area (Å²) in [6.07, 6.45) is 2.47. The molecule has 1 heterocycles. The van der Waals surface area contributed by atoms with Gasteiger partial charge in [0.25, 0.3) is 0 Å². The normalized spacial score (nSPS) is 16.3. The van der Waals surface area contributed by atoms with Crippen molar-refractivity contribution in [3.05, 3.63) is 77.4 Å². The van der Waals surface area contributed by atoms with E-state index in [1.165, 1.54) is 0 Å². The molecule has 0 spiro atoms. The Hall–Kier alpha value is -2.92. The van der Waals surface area contributed by atoms with Gasteiger partial charge in [0.15, 0.2) is 0 Å². The summed E-state index contributed by atoms with van der Waals surface area (Å²) in [5, 5.41) is 3.00. The maximum atomic E-state index is 13.3. The van der Waals surface area contributed by atoms with Crippen LogP contribution in [0.5, 0.6) is 0 Å². The summed E-state index contributed by atoms with van der Waals surface area (Å²) in [6, 6.07) is 18.6. The predicted molar refractivity (Wildman–Crippen MR) is 116 cm³/mol. The minimum Gasteiger partial charge on any atom is -0.338 e. The van der Waals surface area contributed by atoms with Gasteiger partial charge < -0.3 is 15.1 Å². The van der Waals surface area contributed by atoms with Crippen LogP contribution in [0.4, 0.5) is 0 Å². The molecule has 0 unspecified atom stereocenters. The Kier molecular flexibility index (Phi) is 7.19. The monoisotopic (exact) mass is 391 g/mol. The van der Waals surface area contributed by atoms with Crippen LogP contribution in [-0.4, -0.2) is 54.8 Å². The van der Waals surface area contributed by atoms with Crippen LogP contribution in [0.3, 0.4) is 0 Å². The van der Waals surface area contributed by atoms with Gasteiger partial charge in [-0.15, -0.1) is 0 Å². The first kappa shape index (κ1) is 20.8. The van der Waals surface area contributed by atoms with Crippen molar-refractivity contribution in [3.63, 3.8) is 0 Å². The smallest absolute Gasteiger partial charge is 0.249 e. The van der Waals surface area contributed by atoms with Gasteiger partial charge in [0.1, 0.15) is 6.04 Å². The molecule has 0 aliphatic carbocycles. The zero-order chi connectivity index (χ0) is 20.6. The van der Waals surface area contributed by atoms with Crippen LogP contribution in [0.2, 0.25) is 0 Å². The van der Waals surface area contributed by atoms with Gasteiger partial charge in [0.05, 0.1) is 0 Å². The summed E-state index contributed by atoms with van der Waals surface area (Å²) in [5.74, 6) is -0.250. The second kappa shape index (κ2) is 10.0. The van der Waals surface area contributed by atoms with E-state index in [1.807, 2.05) is 78.6 Å². The Morgan fingerprint density at radius 2 is 1.55 bits per heavy atom. The molecule has 0 aromatic heterocycles. The van der Waals surface area contributed by atoms with E-state index in [-0.39, 0.29) is 11.8 Å². The zero-order valence-corrected chi connectivity index (χ0v) is 17.2. The minimum absolute atomic E-state index is 0.0483. The number of carbonyl (C=O) groups is 2. The second-order valence-corrected chi connectivity index (χ2v) is 7.38. The standard InChI is InChI=1S/C24H29N3O2/c1-3-20(18-19-10-6-4-7-11-19)23(28)25-22(21-12-8-5-9-13-21)24(29)27-16-14-26(2)15-17-27/h4-13,18,22H,3,14-17H2,1-2H3,(H,25,28)/b20-18+/t22-/m0/s1. The average molecular weight is 392 g/mol. The Morgan fingerprint density at radius 1 is 0.966 bits per heavy atom. The maximum absolute atomic E-state index is 13.3. The van der Waals surface area contributed by atoms with Crippen LogP contribution in [-0.2, 0) is 9.59 Å². The van der Waals surface area contributed by atoms with Gasteiger partial charge in [-0.2, -0.15) is 0 Å². The highest BCUT2D eigenvalue weighted by atomic mass is 16.2. The van der Waals surface area contributed by atoms with Gasteiger partial charge in [-0.3, -0.25) is 9.59 Å². The number of nitrogens with one attached hydrogen (secondary N) is 1. The van der Waals surface area contributed by atoms with Crippen molar-refractivity contribution in [3.8, 4) is 0 Å². The molecule has 2 aromatic rings. The third-order valence-electron chi connectivity index (χ3n) is 5.28. The molecule has 5 heteroatoms. The number of rotatable bonds is 6. The number of benzene rings is 2. The van der Waals surface area contributed by atoms with Crippen LogP contribution < -0.4 is 5.32 Å². The van der Waals surface area contributed by atoms with Crippen molar-refractivity contribution >= 4 is 17.9 Å². The highest BCUT2D eigenvalue weighted by molar-refractivity contribution is 6.00. The molecule has 5 nitrogen and oxygen atoms in total. The molecule has 2 amide bonds. The SMILES string of the molecule is CC/C(=C\c1ccccc1)C(=O)N[C@H](C(=O)N1CCN(C)CC1)c1ccccc1. The lowest BCUT2D eigenvalue weighted by molar-refractivity contribution is -0.137. The molecule has 1 aliphatic rings. The van der Waals surface area contributed by atoms with E-state index in [9.17, 15) is 9.59 Å². The number of piperazine rings is 1. The van der Waals surface area contributed by atoms with Gasteiger partial charge in [0, 0.05) is 31.8 Å². The Labute approximate surface area is 173 Å². The van der Waals surface area contributed by atoms with Gasteiger partial charge in [0.2, 0.25) is 11.8 Å². The van der Waals surface area contributed by atoms with Crippen molar-refractivity contribution in [2.45, 2.75) is 19.4 Å². The molecule has 1 aliphatic heterocycles. The van der Waals surface area contributed by atoms with Gasteiger partial charge in [-0.25, -0.2) is 0 Å². The Morgan fingerprint density at radius 3 is 2.14 bits per heavy atom. The third-order valence-corrected chi connectivity index (χ3v) is 5.28. The van der Waals surface area contributed by atoms with Gasteiger partial charge >= 0.3 is 0 Å². The molecule has 152 valence electrons.